The minimum absolute atomic E-state index is 0.248. The van der Waals surface area contributed by atoms with E-state index in [1.807, 2.05) is 11.4 Å². The Morgan fingerprint density at radius 2 is 2.14 bits per heavy atom. The Bertz CT molecular complexity index is 726. The highest BCUT2D eigenvalue weighted by Gasteiger charge is 2.32. The third-order valence-corrected chi connectivity index (χ3v) is 3.87. The van der Waals surface area contributed by atoms with Crippen molar-refractivity contribution in [3.05, 3.63) is 55.6 Å². The van der Waals surface area contributed by atoms with Crippen LogP contribution in [-0.4, -0.2) is 10.5 Å². The van der Waals surface area contributed by atoms with Gasteiger partial charge >= 0.3 is 6.18 Å². The van der Waals surface area contributed by atoms with E-state index in [9.17, 15) is 22.8 Å². The van der Waals surface area contributed by atoms with Crippen molar-refractivity contribution < 1.29 is 18.0 Å². The maximum atomic E-state index is 12.7. The normalized spacial score (nSPS) is 11.5. The molecule has 1 N–H and O–H groups in total. The predicted molar refractivity (Wildman–Crippen MR) is 76.9 cm³/mol. The van der Waals surface area contributed by atoms with Crippen LogP contribution in [0.25, 0.3) is 0 Å². The molecule has 0 bridgehead atoms. The number of nitrogens with zero attached hydrogens (tertiary/aromatic N) is 1. The van der Waals surface area contributed by atoms with E-state index in [0.717, 1.165) is 4.88 Å². The molecule has 9 heteroatoms. The monoisotopic (exact) mass is 350 g/mol. The average Bonchev–Trinajstić information content (AvgIpc) is 2.93. The van der Waals surface area contributed by atoms with Crippen LogP contribution in [0.1, 0.15) is 10.4 Å². The van der Waals surface area contributed by atoms with Crippen LogP contribution in [0.3, 0.4) is 0 Å². The minimum Gasteiger partial charge on any atom is -0.350 e. The first-order chi connectivity index (χ1) is 10.3. The standard InChI is InChI=1S/C13H10ClF3N2O2S/c14-10-4-8(13(15,16)17)6-19(12(10)21)7-11(20)18-5-9-2-1-3-22-9/h1-4,6H,5,7H2,(H,18,20). The summed E-state index contributed by atoms with van der Waals surface area (Å²) in [6.07, 6.45) is -4.06. The zero-order valence-electron chi connectivity index (χ0n) is 11.0. The Morgan fingerprint density at radius 1 is 1.41 bits per heavy atom. The number of thiophene rings is 1. The lowest BCUT2D eigenvalue weighted by Crippen LogP contribution is -2.32. The van der Waals surface area contributed by atoms with Gasteiger partial charge in [0.05, 0.1) is 12.1 Å². The van der Waals surface area contributed by atoms with Gasteiger partial charge in [0.1, 0.15) is 11.6 Å². The highest BCUT2D eigenvalue weighted by molar-refractivity contribution is 7.09. The number of amides is 1. The van der Waals surface area contributed by atoms with Crippen LogP contribution in [0.4, 0.5) is 13.2 Å². The summed E-state index contributed by atoms with van der Waals surface area (Å²) in [5.41, 5.74) is -1.93. The molecule has 2 heterocycles. The number of alkyl halides is 3. The van der Waals surface area contributed by atoms with E-state index in [2.05, 4.69) is 5.32 Å². The number of hydrogen-bond donors (Lipinski definition) is 1. The summed E-state index contributed by atoms with van der Waals surface area (Å²) in [7, 11) is 0. The zero-order valence-corrected chi connectivity index (χ0v) is 12.6. The minimum atomic E-state index is -4.65. The topological polar surface area (TPSA) is 51.1 Å². The SMILES string of the molecule is O=C(Cn1cc(C(F)(F)F)cc(Cl)c1=O)NCc1cccs1. The number of pyridine rings is 1. The van der Waals surface area contributed by atoms with Crippen molar-refractivity contribution in [1.82, 2.24) is 9.88 Å². The quantitative estimate of drug-likeness (QED) is 0.921. The Labute approximate surface area is 132 Å². The maximum Gasteiger partial charge on any atom is 0.417 e. The van der Waals surface area contributed by atoms with Crippen molar-refractivity contribution in [1.29, 1.82) is 0 Å². The number of carbonyl (C=O) groups is 1. The molecule has 2 rings (SSSR count). The molecule has 0 fully saturated rings. The molecule has 0 unspecified atom stereocenters. The van der Waals surface area contributed by atoms with Gasteiger partial charge in [-0.05, 0) is 17.5 Å². The van der Waals surface area contributed by atoms with Gasteiger partial charge < -0.3 is 9.88 Å². The van der Waals surface area contributed by atoms with Crippen LogP contribution < -0.4 is 10.9 Å². The van der Waals surface area contributed by atoms with Gasteiger partial charge in [-0.25, -0.2) is 0 Å². The summed E-state index contributed by atoms with van der Waals surface area (Å²) in [5, 5.41) is 3.78. The van der Waals surface area contributed by atoms with E-state index >= 15 is 0 Å². The first kappa shape index (κ1) is 16.6. The summed E-state index contributed by atoms with van der Waals surface area (Å²) < 4.78 is 38.7. The molecule has 2 aromatic heterocycles. The maximum absolute atomic E-state index is 12.7. The molecular weight excluding hydrogens is 341 g/mol. The molecule has 1 amide bonds. The second kappa shape index (κ2) is 6.53. The number of aromatic nitrogens is 1. The van der Waals surface area contributed by atoms with Crippen molar-refractivity contribution in [2.75, 3.05) is 0 Å². The number of nitrogens with one attached hydrogen (secondary N) is 1. The van der Waals surface area contributed by atoms with Gasteiger partial charge in [0.15, 0.2) is 0 Å². The smallest absolute Gasteiger partial charge is 0.350 e. The lowest BCUT2D eigenvalue weighted by Gasteiger charge is -2.11. The van der Waals surface area contributed by atoms with Crippen molar-refractivity contribution >= 4 is 28.8 Å². The van der Waals surface area contributed by atoms with Crippen molar-refractivity contribution in [2.24, 2.45) is 0 Å². The van der Waals surface area contributed by atoms with Gasteiger partial charge in [0, 0.05) is 11.1 Å². The number of halogens is 4. The summed E-state index contributed by atoms with van der Waals surface area (Å²) in [4.78, 5) is 24.3. The lowest BCUT2D eigenvalue weighted by molar-refractivity contribution is -0.138. The molecule has 2 aromatic rings. The van der Waals surface area contributed by atoms with E-state index in [1.54, 1.807) is 6.07 Å². The molecule has 0 aliphatic carbocycles. The van der Waals surface area contributed by atoms with E-state index in [1.165, 1.54) is 11.3 Å². The first-order valence-corrected chi connectivity index (χ1v) is 7.29. The Kier molecular flexibility index (Phi) is 4.92. The molecule has 0 aromatic carbocycles. The van der Waals surface area contributed by atoms with E-state index in [4.69, 9.17) is 11.6 Å². The molecule has 0 spiro atoms. The van der Waals surface area contributed by atoms with Crippen LogP contribution >= 0.6 is 22.9 Å². The predicted octanol–water partition coefficient (Wildman–Crippen LogP) is 2.90. The highest BCUT2D eigenvalue weighted by atomic mass is 35.5. The van der Waals surface area contributed by atoms with Gasteiger partial charge in [-0.3, -0.25) is 9.59 Å². The van der Waals surface area contributed by atoms with Crippen molar-refractivity contribution in [2.45, 2.75) is 19.3 Å². The van der Waals surface area contributed by atoms with E-state index in [0.29, 0.717) is 16.8 Å². The zero-order chi connectivity index (χ0) is 16.3. The molecule has 0 aliphatic heterocycles. The molecule has 0 saturated carbocycles. The van der Waals surface area contributed by atoms with Crippen LogP contribution in [0.2, 0.25) is 5.02 Å². The summed E-state index contributed by atoms with van der Waals surface area (Å²) in [6, 6.07) is 4.16. The molecule has 4 nitrogen and oxygen atoms in total. The van der Waals surface area contributed by atoms with Crippen LogP contribution in [0.5, 0.6) is 0 Å². The molecule has 0 atom stereocenters. The third-order valence-electron chi connectivity index (χ3n) is 2.72. The van der Waals surface area contributed by atoms with Crippen LogP contribution in [0.15, 0.2) is 34.6 Å². The molecular formula is C13H10ClF3N2O2S. The highest BCUT2D eigenvalue weighted by Crippen LogP contribution is 2.29. The van der Waals surface area contributed by atoms with Crippen molar-refractivity contribution in [3.8, 4) is 0 Å². The summed E-state index contributed by atoms with van der Waals surface area (Å²) in [6.45, 7) is -0.286. The van der Waals surface area contributed by atoms with Crippen LogP contribution in [-0.2, 0) is 24.1 Å². The number of carbonyl (C=O) groups excluding carboxylic acids is 1. The first-order valence-electron chi connectivity index (χ1n) is 6.03. The van der Waals surface area contributed by atoms with Gasteiger partial charge in [-0.2, -0.15) is 13.2 Å². The fourth-order valence-corrected chi connectivity index (χ4v) is 2.55. The van der Waals surface area contributed by atoms with Gasteiger partial charge in [-0.1, -0.05) is 17.7 Å². The second-order valence-electron chi connectivity index (χ2n) is 4.36. The van der Waals surface area contributed by atoms with Crippen molar-refractivity contribution in [3.63, 3.8) is 0 Å². The van der Waals surface area contributed by atoms with Gasteiger partial charge in [-0.15, -0.1) is 11.3 Å². The fraction of sp³-hybridized carbons (Fsp3) is 0.231. The fourth-order valence-electron chi connectivity index (χ4n) is 1.68. The largest absolute Gasteiger partial charge is 0.417 e. The Balaban J connectivity index is 2.13. The number of hydrogen-bond acceptors (Lipinski definition) is 3. The second-order valence-corrected chi connectivity index (χ2v) is 5.80. The lowest BCUT2D eigenvalue weighted by atomic mass is 10.2. The van der Waals surface area contributed by atoms with E-state index in [-0.39, 0.29) is 6.54 Å². The Hall–Kier alpha value is -1.80. The summed E-state index contributed by atoms with van der Waals surface area (Å²) in [5.74, 6) is -0.578. The molecule has 118 valence electrons. The van der Waals surface area contributed by atoms with Gasteiger partial charge in [0.25, 0.3) is 5.56 Å². The molecule has 22 heavy (non-hydrogen) atoms. The van der Waals surface area contributed by atoms with E-state index < -0.39 is 34.8 Å². The molecule has 0 saturated heterocycles. The summed E-state index contributed by atoms with van der Waals surface area (Å²) >= 11 is 6.93. The third kappa shape index (κ3) is 4.11. The number of rotatable bonds is 4. The molecule has 0 aliphatic rings. The van der Waals surface area contributed by atoms with Gasteiger partial charge in [0.2, 0.25) is 5.91 Å². The molecule has 0 radical (unpaired) electrons. The average molecular weight is 351 g/mol. The Morgan fingerprint density at radius 3 is 2.73 bits per heavy atom. The van der Waals surface area contributed by atoms with Crippen LogP contribution in [0, 0.1) is 0 Å².